The Morgan fingerprint density at radius 3 is 2.35 bits per heavy atom. The predicted octanol–water partition coefficient (Wildman–Crippen LogP) is -0.494. The van der Waals surface area contributed by atoms with Gasteiger partial charge in [-0.1, -0.05) is 0 Å². The van der Waals surface area contributed by atoms with Crippen LogP contribution in [0.2, 0.25) is 0 Å². The largest absolute Gasteiger partial charge is 0.467 e. The van der Waals surface area contributed by atoms with E-state index in [9.17, 15) is 9.18 Å². The molecule has 0 aromatic heterocycles. The van der Waals surface area contributed by atoms with E-state index in [0.29, 0.717) is 26.4 Å². The molecule has 17 heavy (non-hydrogen) atoms. The van der Waals surface area contributed by atoms with E-state index in [1.807, 2.05) is 0 Å². The minimum absolute atomic E-state index is 0.0152. The molecule has 0 amide bonds. The molecule has 0 radical (unpaired) electrons. The Labute approximate surface area is 100 Å². The van der Waals surface area contributed by atoms with Crippen molar-refractivity contribution in [2.45, 2.75) is 6.17 Å². The zero-order valence-corrected chi connectivity index (χ0v) is 10.0. The number of rotatable bonds is 11. The second kappa shape index (κ2) is 11.7. The molecule has 0 aliphatic heterocycles. The molecule has 0 aromatic carbocycles. The van der Waals surface area contributed by atoms with Gasteiger partial charge < -0.3 is 24.7 Å². The van der Waals surface area contributed by atoms with E-state index in [4.69, 9.17) is 19.9 Å². The van der Waals surface area contributed by atoms with Crippen molar-refractivity contribution in [3.63, 3.8) is 0 Å². The summed E-state index contributed by atoms with van der Waals surface area (Å²) in [5.41, 5.74) is 5.06. The van der Waals surface area contributed by atoms with Crippen molar-refractivity contribution < 1.29 is 28.1 Å². The quantitative estimate of drug-likeness (QED) is 0.395. The van der Waals surface area contributed by atoms with Gasteiger partial charge in [0, 0.05) is 6.54 Å². The van der Waals surface area contributed by atoms with Crippen molar-refractivity contribution in [1.29, 1.82) is 0 Å². The Hall–Kier alpha value is -0.760. The summed E-state index contributed by atoms with van der Waals surface area (Å²) in [4.78, 5) is 10.6. The highest BCUT2D eigenvalue weighted by molar-refractivity contribution is 5.70. The van der Waals surface area contributed by atoms with Gasteiger partial charge in [-0.25, -0.2) is 9.18 Å². The molecule has 0 spiro atoms. The molecule has 0 aliphatic carbocycles. The second-order valence-electron chi connectivity index (χ2n) is 3.15. The molecule has 0 heterocycles. The van der Waals surface area contributed by atoms with E-state index in [1.165, 1.54) is 7.11 Å². The second-order valence-corrected chi connectivity index (χ2v) is 3.15. The number of hydrogen-bond acceptors (Lipinski definition) is 6. The number of esters is 1. The summed E-state index contributed by atoms with van der Waals surface area (Å²) < 4.78 is 31.9. The standard InChI is InChI=1S/C10H20FNO5/c1-14-10(13)8-17-5-3-15-2-4-16-7-9(11)6-12/h9H,2-8,12H2,1H3. The number of alkyl halides is 1. The van der Waals surface area contributed by atoms with Crippen LogP contribution in [0.1, 0.15) is 0 Å². The smallest absolute Gasteiger partial charge is 0.331 e. The van der Waals surface area contributed by atoms with Gasteiger partial charge >= 0.3 is 5.97 Å². The van der Waals surface area contributed by atoms with E-state index < -0.39 is 12.1 Å². The zero-order valence-electron chi connectivity index (χ0n) is 10.0. The first kappa shape index (κ1) is 16.2. The highest BCUT2D eigenvalue weighted by Crippen LogP contribution is 1.89. The van der Waals surface area contributed by atoms with Crippen molar-refractivity contribution >= 4 is 5.97 Å². The molecule has 6 nitrogen and oxygen atoms in total. The molecular formula is C10H20FNO5. The molecule has 0 rings (SSSR count). The molecule has 1 unspecified atom stereocenters. The number of nitrogens with two attached hydrogens (primary N) is 1. The van der Waals surface area contributed by atoms with Crippen molar-refractivity contribution in [3.8, 4) is 0 Å². The zero-order chi connectivity index (χ0) is 12.9. The van der Waals surface area contributed by atoms with Gasteiger partial charge in [0.2, 0.25) is 0 Å². The first-order valence-electron chi connectivity index (χ1n) is 5.35. The highest BCUT2D eigenvalue weighted by atomic mass is 19.1. The Morgan fingerprint density at radius 2 is 1.76 bits per heavy atom. The van der Waals surface area contributed by atoms with Crippen LogP contribution < -0.4 is 5.73 Å². The number of carbonyl (C=O) groups is 1. The molecule has 0 bridgehead atoms. The van der Waals surface area contributed by atoms with Crippen LogP contribution in [0.15, 0.2) is 0 Å². The first-order chi connectivity index (χ1) is 8.20. The molecule has 2 N–H and O–H groups in total. The van der Waals surface area contributed by atoms with E-state index in [-0.39, 0.29) is 19.8 Å². The van der Waals surface area contributed by atoms with E-state index in [0.717, 1.165) is 0 Å². The van der Waals surface area contributed by atoms with Gasteiger partial charge in [-0.15, -0.1) is 0 Å². The summed E-state index contributed by atoms with van der Waals surface area (Å²) in [6, 6.07) is 0. The van der Waals surface area contributed by atoms with Crippen molar-refractivity contribution in [1.82, 2.24) is 0 Å². The third kappa shape index (κ3) is 11.5. The maximum absolute atomic E-state index is 12.6. The average molecular weight is 253 g/mol. The fourth-order valence-electron chi connectivity index (χ4n) is 0.831. The van der Waals surface area contributed by atoms with Gasteiger partial charge in [0.05, 0.1) is 40.1 Å². The van der Waals surface area contributed by atoms with Gasteiger partial charge in [-0.3, -0.25) is 0 Å². The number of hydrogen-bond donors (Lipinski definition) is 1. The molecule has 0 saturated carbocycles. The topological polar surface area (TPSA) is 80.0 Å². The Bertz CT molecular complexity index is 194. The fourth-order valence-corrected chi connectivity index (χ4v) is 0.831. The summed E-state index contributed by atoms with van der Waals surface area (Å²) in [5, 5.41) is 0. The van der Waals surface area contributed by atoms with Crippen molar-refractivity contribution in [2.75, 3.05) is 53.3 Å². The minimum Gasteiger partial charge on any atom is -0.467 e. The lowest BCUT2D eigenvalue weighted by atomic mass is 10.4. The summed E-state index contributed by atoms with van der Waals surface area (Å²) in [7, 11) is 1.29. The number of ether oxygens (including phenoxy) is 4. The van der Waals surface area contributed by atoms with Crippen molar-refractivity contribution in [3.05, 3.63) is 0 Å². The molecule has 0 fully saturated rings. The van der Waals surface area contributed by atoms with Gasteiger partial charge in [-0.2, -0.15) is 0 Å². The normalized spacial score (nSPS) is 12.4. The average Bonchev–Trinajstić information content (AvgIpc) is 2.35. The SMILES string of the molecule is COC(=O)COCCOCCOCC(F)CN. The Kier molecular flexibility index (Phi) is 11.2. The molecule has 0 aliphatic rings. The van der Waals surface area contributed by atoms with Crippen LogP contribution in [0.3, 0.4) is 0 Å². The lowest BCUT2D eigenvalue weighted by Crippen LogP contribution is -2.22. The lowest BCUT2D eigenvalue weighted by molar-refractivity contribution is -0.146. The summed E-state index contributed by atoms with van der Waals surface area (Å²) in [5.74, 6) is -0.427. The van der Waals surface area contributed by atoms with E-state index in [2.05, 4.69) is 4.74 Å². The van der Waals surface area contributed by atoms with Crippen LogP contribution in [0.25, 0.3) is 0 Å². The van der Waals surface area contributed by atoms with Crippen LogP contribution in [0.5, 0.6) is 0 Å². The Balaban J connectivity index is 3.06. The van der Waals surface area contributed by atoms with Crippen LogP contribution in [0.4, 0.5) is 4.39 Å². The summed E-state index contributed by atoms with van der Waals surface area (Å²) in [6.07, 6.45) is -1.13. The molecule has 0 saturated heterocycles. The van der Waals surface area contributed by atoms with Gasteiger partial charge in [0.25, 0.3) is 0 Å². The van der Waals surface area contributed by atoms with Crippen LogP contribution in [0, 0.1) is 0 Å². The number of carbonyl (C=O) groups excluding carboxylic acids is 1. The van der Waals surface area contributed by atoms with Gasteiger partial charge in [0.1, 0.15) is 12.8 Å². The van der Waals surface area contributed by atoms with Gasteiger partial charge in [-0.05, 0) is 0 Å². The fraction of sp³-hybridized carbons (Fsp3) is 0.900. The van der Waals surface area contributed by atoms with Crippen LogP contribution in [-0.2, 0) is 23.7 Å². The van der Waals surface area contributed by atoms with Gasteiger partial charge in [0.15, 0.2) is 0 Å². The van der Waals surface area contributed by atoms with E-state index >= 15 is 0 Å². The monoisotopic (exact) mass is 253 g/mol. The van der Waals surface area contributed by atoms with Crippen molar-refractivity contribution in [2.24, 2.45) is 5.73 Å². The number of halogens is 1. The maximum Gasteiger partial charge on any atom is 0.331 e. The molecule has 102 valence electrons. The first-order valence-corrected chi connectivity index (χ1v) is 5.35. The minimum atomic E-state index is -1.13. The summed E-state index contributed by atoms with van der Waals surface area (Å²) >= 11 is 0. The van der Waals surface area contributed by atoms with Crippen LogP contribution >= 0.6 is 0 Å². The lowest BCUT2D eigenvalue weighted by Gasteiger charge is -2.07. The molecular weight excluding hydrogens is 233 g/mol. The van der Waals surface area contributed by atoms with Crippen LogP contribution in [-0.4, -0.2) is 65.4 Å². The third-order valence-corrected chi connectivity index (χ3v) is 1.75. The molecule has 0 aromatic rings. The Morgan fingerprint density at radius 1 is 1.18 bits per heavy atom. The third-order valence-electron chi connectivity index (χ3n) is 1.75. The molecule has 1 atom stereocenters. The molecule has 7 heteroatoms. The predicted molar refractivity (Wildman–Crippen MR) is 58.4 cm³/mol. The van der Waals surface area contributed by atoms with E-state index in [1.54, 1.807) is 0 Å². The maximum atomic E-state index is 12.6. The summed E-state index contributed by atoms with van der Waals surface area (Å²) in [6.45, 7) is 1.15. The number of methoxy groups -OCH3 is 1. The highest BCUT2D eigenvalue weighted by Gasteiger charge is 2.02.